The highest BCUT2D eigenvalue weighted by atomic mass is 32.1. The van der Waals surface area contributed by atoms with Crippen LogP contribution in [-0.2, 0) is 0 Å². The van der Waals surface area contributed by atoms with Crippen LogP contribution in [0, 0.1) is 33.3 Å². The fourth-order valence-electron chi connectivity index (χ4n) is 0.995. The van der Waals surface area contributed by atoms with Gasteiger partial charge < -0.3 is 0 Å². The Morgan fingerprint density at radius 3 is 2.60 bits per heavy atom. The van der Waals surface area contributed by atoms with E-state index < -0.39 is 4.92 Å². The number of hydrogen-bond donors (Lipinski definition) is 1. The molecule has 0 spiro atoms. The van der Waals surface area contributed by atoms with Crippen LogP contribution in [0.1, 0.15) is 11.1 Å². The average Bonchev–Trinajstić information content (AvgIpc) is 2.25. The van der Waals surface area contributed by atoms with Crippen molar-refractivity contribution in [3.8, 4) is 17.9 Å². The van der Waals surface area contributed by atoms with E-state index in [2.05, 4.69) is 24.5 Å². The normalized spacial score (nSPS) is 8.53. The lowest BCUT2D eigenvalue weighted by molar-refractivity contribution is -0.384. The maximum Gasteiger partial charge on any atom is 0.271 e. The minimum Gasteiger partial charge on any atom is -0.258 e. The molecule has 0 heterocycles. The van der Waals surface area contributed by atoms with Gasteiger partial charge in [0.15, 0.2) is 0 Å². The van der Waals surface area contributed by atoms with Gasteiger partial charge in [0.25, 0.3) is 5.69 Å². The Hall–Kier alpha value is -1.98. The quantitative estimate of drug-likeness (QED) is 0.338. The summed E-state index contributed by atoms with van der Waals surface area (Å²) in [6.07, 6.45) is 0. The summed E-state index contributed by atoms with van der Waals surface area (Å²) < 4.78 is 0. The maximum atomic E-state index is 10.5. The van der Waals surface area contributed by atoms with Gasteiger partial charge in [-0.3, -0.25) is 10.1 Å². The van der Waals surface area contributed by atoms with Crippen molar-refractivity contribution in [2.75, 3.05) is 5.75 Å². The molecule has 74 valence electrons. The highest BCUT2D eigenvalue weighted by Crippen LogP contribution is 2.15. The summed E-state index contributed by atoms with van der Waals surface area (Å²) in [5, 5.41) is 19.2. The van der Waals surface area contributed by atoms with Gasteiger partial charge in [-0.2, -0.15) is 17.9 Å². The lowest BCUT2D eigenvalue weighted by Gasteiger charge is -1.94. The van der Waals surface area contributed by atoms with Crippen LogP contribution in [0.25, 0.3) is 0 Å². The number of benzene rings is 1. The predicted molar refractivity (Wildman–Crippen MR) is 58.5 cm³/mol. The van der Waals surface area contributed by atoms with Gasteiger partial charge in [0.2, 0.25) is 0 Å². The van der Waals surface area contributed by atoms with Crippen molar-refractivity contribution in [1.29, 1.82) is 5.26 Å². The van der Waals surface area contributed by atoms with Gasteiger partial charge in [-0.1, -0.05) is 11.8 Å². The second kappa shape index (κ2) is 5.04. The van der Waals surface area contributed by atoms with Crippen molar-refractivity contribution in [3.05, 3.63) is 39.4 Å². The molecule has 1 aromatic rings. The van der Waals surface area contributed by atoms with E-state index in [0.717, 1.165) is 0 Å². The molecule has 5 heteroatoms. The van der Waals surface area contributed by atoms with Crippen LogP contribution in [-0.4, -0.2) is 10.7 Å². The van der Waals surface area contributed by atoms with Crippen LogP contribution < -0.4 is 0 Å². The summed E-state index contributed by atoms with van der Waals surface area (Å²) in [6, 6.07) is 5.90. The van der Waals surface area contributed by atoms with E-state index in [4.69, 9.17) is 5.26 Å². The van der Waals surface area contributed by atoms with Crippen molar-refractivity contribution >= 4 is 18.3 Å². The van der Waals surface area contributed by atoms with Crippen molar-refractivity contribution in [2.24, 2.45) is 0 Å². The number of non-ortho nitro benzene ring substituents is 1. The fraction of sp³-hybridized carbons (Fsp3) is 0.100. The molecular weight excluding hydrogens is 212 g/mol. The van der Waals surface area contributed by atoms with Crippen molar-refractivity contribution in [3.63, 3.8) is 0 Å². The maximum absolute atomic E-state index is 10.5. The summed E-state index contributed by atoms with van der Waals surface area (Å²) in [7, 11) is 0. The van der Waals surface area contributed by atoms with E-state index in [1.807, 2.05) is 6.07 Å². The Kier molecular flexibility index (Phi) is 3.73. The van der Waals surface area contributed by atoms with E-state index >= 15 is 0 Å². The van der Waals surface area contributed by atoms with Gasteiger partial charge in [0.1, 0.15) is 0 Å². The second-order valence-electron chi connectivity index (χ2n) is 2.60. The molecule has 0 aliphatic rings. The fourth-order valence-corrected chi connectivity index (χ4v) is 1.07. The van der Waals surface area contributed by atoms with Crippen LogP contribution in [0.15, 0.2) is 18.2 Å². The molecule has 15 heavy (non-hydrogen) atoms. The highest BCUT2D eigenvalue weighted by Gasteiger charge is 2.08. The molecule has 0 amide bonds. The lowest BCUT2D eigenvalue weighted by Crippen LogP contribution is -1.90. The Bertz CT molecular complexity index is 494. The topological polar surface area (TPSA) is 66.9 Å². The van der Waals surface area contributed by atoms with Gasteiger partial charge >= 0.3 is 0 Å². The number of thiol groups is 1. The van der Waals surface area contributed by atoms with Gasteiger partial charge in [0.05, 0.1) is 22.3 Å². The highest BCUT2D eigenvalue weighted by molar-refractivity contribution is 7.80. The molecule has 0 bridgehead atoms. The number of nitriles is 1. The molecule has 4 nitrogen and oxygen atoms in total. The molecule has 0 aliphatic heterocycles. The lowest BCUT2D eigenvalue weighted by atomic mass is 10.1. The van der Waals surface area contributed by atoms with E-state index in [-0.39, 0.29) is 11.3 Å². The summed E-state index contributed by atoms with van der Waals surface area (Å²) in [6.45, 7) is 0. The first-order chi connectivity index (χ1) is 7.17. The van der Waals surface area contributed by atoms with Crippen molar-refractivity contribution < 1.29 is 4.92 Å². The molecule has 0 aromatic heterocycles. The Morgan fingerprint density at radius 2 is 2.07 bits per heavy atom. The second-order valence-corrected chi connectivity index (χ2v) is 2.91. The zero-order valence-corrected chi connectivity index (χ0v) is 8.49. The molecule has 1 aromatic carbocycles. The zero-order valence-electron chi connectivity index (χ0n) is 7.60. The van der Waals surface area contributed by atoms with Crippen LogP contribution in [0.3, 0.4) is 0 Å². The number of nitrogens with zero attached hydrogens (tertiary/aromatic N) is 2. The molecule has 0 radical (unpaired) electrons. The summed E-state index contributed by atoms with van der Waals surface area (Å²) >= 11 is 3.89. The van der Waals surface area contributed by atoms with E-state index in [9.17, 15) is 10.1 Å². The van der Waals surface area contributed by atoms with Gasteiger partial charge in [0, 0.05) is 17.7 Å². The predicted octanol–water partition coefficient (Wildman–Crippen LogP) is 1.75. The largest absolute Gasteiger partial charge is 0.271 e. The van der Waals surface area contributed by atoms with E-state index in [0.29, 0.717) is 11.3 Å². The Morgan fingerprint density at radius 1 is 1.40 bits per heavy atom. The van der Waals surface area contributed by atoms with Crippen molar-refractivity contribution in [1.82, 2.24) is 0 Å². The molecule has 0 saturated heterocycles. The SMILES string of the molecule is N#Cc1cc(C#CCS)cc([N+](=O)[O-])c1. The van der Waals surface area contributed by atoms with Gasteiger partial charge in [-0.15, -0.1) is 0 Å². The first-order valence-corrected chi connectivity index (χ1v) is 4.60. The van der Waals surface area contributed by atoms with Crippen LogP contribution >= 0.6 is 12.6 Å². The monoisotopic (exact) mass is 218 g/mol. The molecule has 0 fully saturated rings. The summed E-state index contributed by atoms with van der Waals surface area (Å²) in [4.78, 5) is 9.98. The summed E-state index contributed by atoms with van der Waals surface area (Å²) in [5.41, 5.74) is 0.556. The minimum absolute atomic E-state index is 0.127. The first-order valence-electron chi connectivity index (χ1n) is 3.96. The Labute approximate surface area is 92.1 Å². The van der Waals surface area contributed by atoms with Crippen LogP contribution in [0.4, 0.5) is 5.69 Å². The number of nitro groups is 1. The smallest absolute Gasteiger partial charge is 0.258 e. The van der Waals surface area contributed by atoms with Gasteiger partial charge in [-0.25, -0.2) is 0 Å². The third kappa shape index (κ3) is 3.01. The van der Waals surface area contributed by atoms with Crippen LogP contribution in [0.5, 0.6) is 0 Å². The summed E-state index contributed by atoms with van der Waals surface area (Å²) in [5.74, 6) is 5.71. The molecule has 0 aliphatic carbocycles. The number of hydrogen-bond acceptors (Lipinski definition) is 4. The molecular formula is C10H6N2O2S. The van der Waals surface area contributed by atoms with Gasteiger partial charge in [-0.05, 0) is 6.07 Å². The third-order valence-electron chi connectivity index (χ3n) is 1.57. The number of rotatable bonds is 1. The first kappa shape index (κ1) is 11.1. The average molecular weight is 218 g/mol. The molecule has 1 rings (SSSR count). The minimum atomic E-state index is -0.549. The molecule has 0 unspecified atom stereocenters. The third-order valence-corrected chi connectivity index (χ3v) is 1.73. The standard InChI is InChI=1S/C10H6N2O2S/c11-7-9-4-8(2-1-3-15)5-10(6-9)12(13)14/h4-6,15H,3H2. The van der Waals surface area contributed by atoms with E-state index in [1.54, 1.807) is 0 Å². The van der Waals surface area contributed by atoms with Crippen molar-refractivity contribution in [2.45, 2.75) is 0 Å². The van der Waals surface area contributed by atoms with E-state index in [1.165, 1.54) is 18.2 Å². The molecule has 0 atom stereocenters. The number of nitro benzene ring substituents is 1. The molecule has 0 N–H and O–H groups in total. The van der Waals surface area contributed by atoms with Crippen LogP contribution in [0.2, 0.25) is 0 Å². The molecule has 0 saturated carbocycles. The zero-order chi connectivity index (χ0) is 11.3. The Balaban J connectivity index is 3.24.